The van der Waals surface area contributed by atoms with E-state index in [0.717, 1.165) is 12.0 Å². The minimum absolute atomic E-state index is 0.0219. The first-order chi connectivity index (χ1) is 3.68. The Balaban J connectivity index is 3.32. The van der Waals surface area contributed by atoms with Gasteiger partial charge in [-0.1, -0.05) is 19.1 Å². The summed E-state index contributed by atoms with van der Waals surface area (Å²) in [5.41, 5.74) is 1.11. The van der Waals surface area contributed by atoms with Crippen LogP contribution >= 0.6 is 0 Å². The van der Waals surface area contributed by atoms with Crippen molar-refractivity contribution in [3.8, 4) is 0 Å². The lowest BCUT2D eigenvalue weighted by atomic mass is 10.0. The van der Waals surface area contributed by atoms with Gasteiger partial charge in [0, 0.05) is 0 Å². The molecule has 0 saturated heterocycles. The average molecular weight is 113 g/mol. The van der Waals surface area contributed by atoms with Gasteiger partial charge in [0.1, 0.15) is 0 Å². The Hall–Kier alpha value is -0.300. The maximum absolute atomic E-state index is 10.0. The van der Waals surface area contributed by atoms with Crippen LogP contribution in [-0.2, 0) is 5.11 Å². The highest BCUT2D eigenvalue weighted by molar-refractivity contribution is 4.93. The van der Waals surface area contributed by atoms with Crippen LogP contribution in [0.3, 0.4) is 0 Å². The van der Waals surface area contributed by atoms with Gasteiger partial charge in [-0.2, -0.15) is 0 Å². The molecule has 1 radical (unpaired) electrons. The van der Waals surface area contributed by atoms with Gasteiger partial charge >= 0.3 is 0 Å². The molecule has 0 bridgehead atoms. The van der Waals surface area contributed by atoms with Crippen molar-refractivity contribution >= 4 is 0 Å². The van der Waals surface area contributed by atoms with Crippen LogP contribution in [0.4, 0.5) is 0 Å². The summed E-state index contributed by atoms with van der Waals surface area (Å²) in [6.07, 6.45) is 0.731. The molecule has 0 fully saturated rings. The molecule has 1 unspecified atom stereocenters. The highest BCUT2D eigenvalue weighted by Gasteiger charge is 1.99. The van der Waals surface area contributed by atoms with E-state index in [0.29, 0.717) is 5.92 Å². The number of rotatable bonds is 3. The van der Waals surface area contributed by atoms with Crippen molar-refractivity contribution in [1.82, 2.24) is 0 Å². The molecule has 0 heterocycles. The normalized spacial score (nSPS) is 13.4. The third-order valence-corrected chi connectivity index (χ3v) is 1.39. The Labute approximate surface area is 51.0 Å². The van der Waals surface area contributed by atoms with Gasteiger partial charge in [0.2, 0.25) is 0 Å². The predicted molar refractivity (Wildman–Crippen MR) is 34.1 cm³/mol. The van der Waals surface area contributed by atoms with Gasteiger partial charge in [-0.05, 0) is 19.3 Å². The molecule has 0 aromatic carbocycles. The largest absolute Gasteiger partial charge is 0.237 e. The topological polar surface area (TPSA) is 19.9 Å². The molecule has 0 rings (SSSR count). The first kappa shape index (κ1) is 7.70. The molecule has 1 nitrogen and oxygen atoms in total. The fraction of sp³-hybridized carbons (Fsp3) is 0.714. The van der Waals surface area contributed by atoms with Crippen molar-refractivity contribution in [2.45, 2.75) is 20.3 Å². The number of allylic oxidation sites excluding steroid dienone is 1. The van der Waals surface area contributed by atoms with Crippen molar-refractivity contribution < 1.29 is 5.11 Å². The van der Waals surface area contributed by atoms with E-state index in [1.54, 1.807) is 0 Å². The monoisotopic (exact) mass is 113 g/mol. The molecule has 0 aliphatic rings. The summed E-state index contributed by atoms with van der Waals surface area (Å²) in [4.78, 5) is 0. The summed E-state index contributed by atoms with van der Waals surface area (Å²) in [7, 11) is 0. The summed E-state index contributed by atoms with van der Waals surface area (Å²) in [6, 6.07) is 0. The van der Waals surface area contributed by atoms with Crippen LogP contribution in [0.25, 0.3) is 0 Å². The van der Waals surface area contributed by atoms with Gasteiger partial charge in [-0.15, -0.1) is 0 Å². The van der Waals surface area contributed by atoms with Crippen molar-refractivity contribution in [2.24, 2.45) is 5.92 Å². The maximum Gasteiger partial charge on any atom is 0.0827 e. The fourth-order valence-corrected chi connectivity index (χ4v) is 0.423. The first-order valence-corrected chi connectivity index (χ1v) is 2.92. The molecule has 0 spiro atoms. The van der Waals surface area contributed by atoms with E-state index in [4.69, 9.17) is 0 Å². The van der Waals surface area contributed by atoms with Crippen molar-refractivity contribution in [2.75, 3.05) is 6.61 Å². The van der Waals surface area contributed by atoms with E-state index in [9.17, 15) is 5.11 Å². The van der Waals surface area contributed by atoms with Gasteiger partial charge in [0.05, 0.1) is 6.61 Å². The van der Waals surface area contributed by atoms with E-state index in [-0.39, 0.29) is 6.61 Å². The molecule has 47 valence electrons. The van der Waals surface area contributed by atoms with E-state index in [1.165, 1.54) is 0 Å². The van der Waals surface area contributed by atoms with Gasteiger partial charge in [-0.3, -0.25) is 0 Å². The Morgan fingerprint density at radius 2 is 2.25 bits per heavy atom. The van der Waals surface area contributed by atoms with Crippen LogP contribution in [0.15, 0.2) is 12.2 Å². The van der Waals surface area contributed by atoms with Gasteiger partial charge in [0.15, 0.2) is 0 Å². The lowest BCUT2D eigenvalue weighted by molar-refractivity contribution is 0.178. The third kappa shape index (κ3) is 2.80. The van der Waals surface area contributed by atoms with Crippen molar-refractivity contribution in [3.63, 3.8) is 0 Å². The third-order valence-electron chi connectivity index (χ3n) is 1.39. The molecular formula is C7H13O. The van der Waals surface area contributed by atoms with Crippen molar-refractivity contribution in [3.05, 3.63) is 12.2 Å². The summed E-state index contributed by atoms with van der Waals surface area (Å²) in [5, 5.41) is 10.0. The molecular weight excluding hydrogens is 100 g/mol. The Bertz CT molecular complexity index is 76.5. The molecule has 0 aliphatic heterocycles. The Morgan fingerprint density at radius 1 is 1.75 bits per heavy atom. The first-order valence-electron chi connectivity index (χ1n) is 2.92. The van der Waals surface area contributed by atoms with Crippen LogP contribution in [-0.4, -0.2) is 6.61 Å². The molecule has 0 N–H and O–H groups in total. The fourth-order valence-electron chi connectivity index (χ4n) is 0.423. The number of hydrogen-bond donors (Lipinski definition) is 0. The van der Waals surface area contributed by atoms with Gasteiger partial charge < -0.3 is 0 Å². The molecule has 0 amide bonds. The summed E-state index contributed by atoms with van der Waals surface area (Å²) < 4.78 is 0. The average Bonchev–Trinajstić information content (AvgIpc) is 1.67. The van der Waals surface area contributed by atoms with Crippen molar-refractivity contribution in [1.29, 1.82) is 0 Å². The number of hydrogen-bond acceptors (Lipinski definition) is 0. The SMILES string of the molecule is C=C(C)C(C)CC[O]. The smallest absolute Gasteiger partial charge is 0.0827 e. The highest BCUT2D eigenvalue weighted by Crippen LogP contribution is 2.09. The van der Waals surface area contributed by atoms with Crippen LogP contribution in [0.2, 0.25) is 0 Å². The van der Waals surface area contributed by atoms with Gasteiger partial charge in [-0.25, -0.2) is 5.11 Å². The standard InChI is InChI=1S/C7H13O/c1-6(2)7(3)4-5-8/h7H,1,4-5H2,2-3H3. The molecule has 0 aromatic rings. The zero-order chi connectivity index (χ0) is 6.57. The molecule has 0 saturated carbocycles. The summed E-state index contributed by atoms with van der Waals surface area (Å²) in [6.45, 7) is 7.74. The second-order valence-corrected chi connectivity index (χ2v) is 2.24. The molecule has 1 atom stereocenters. The Kier molecular flexibility index (Phi) is 3.53. The van der Waals surface area contributed by atoms with Crippen LogP contribution in [0, 0.1) is 5.92 Å². The van der Waals surface area contributed by atoms with Crippen LogP contribution < -0.4 is 0 Å². The van der Waals surface area contributed by atoms with Crippen LogP contribution in [0.1, 0.15) is 20.3 Å². The predicted octanol–water partition coefficient (Wildman–Crippen LogP) is 2.02. The minimum atomic E-state index is 0.0219. The Morgan fingerprint density at radius 3 is 2.38 bits per heavy atom. The summed E-state index contributed by atoms with van der Waals surface area (Å²) >= 11 is 0. The quantitative estimate of drug-likeness (QED) is 0.499. The zero-order valence-corrected chi connectivity index (χ0v) is 5.61. The van der Waals surface area contributed by atoms with E-state index in [2.05, 4.69) is 6.58 Å². The zero-order valence-electron chi connectivity index (χ0n) is 5.61. The lowest BCUT2D eigenvalue weighted by Crippen LogP contribution is -1.96. The van der Waals surface area contributed by atoms with E-state index in [1.807, 2.05) is 13.8 Å². The van der Waals surface area contributed by atoms with Gasteiger partial charge in [0.25, 0.3) is 0 Å². The molecule has 0 aromatic heterocycles. The van der Waals surface area contributed by atoms with E-state index >= 15 is 0 Å². The lowest BCUT2D eigenvalue weighted by Gasteiger charge is -2.05. The molecule has 8 heavy (non-hydrogen) atoms. The van der Waals surface area contributed by atoms with E-state index < -0.39 is 0 Å². The summed E-state index contributed by atoms with van der Waals surface area (Å²) in [5.74, 6) is 0.410. The second kappa shape index (κ2) is 3.67. The molecule has 0 aliphatic carbocycles. The highest BCUT2D eigenvalue weighted by atomic mass is 16.2. The van der Waals surface area contributed by atoms with Crippen LogP contribution in [0.5, 0.6) is 0 Å². The molecule has 1 heteroatoms. The maximum atomic E-state index is 10.0. The second-order valence-electron chi connectivity index (χ2n) is 2.24. The minimum Gasteiger partial charge on any atom is -0.237 e.